The number of likely N-dealkylation sites (tertiary alicyclic amines) is 1. The van der Waals surface area contributed by atoms with Crippen LogP contribution in [-0.2, 0) is 10.2 Å². The predicted octanol–water partition coefficient (Wildman–Crippen LogP) is 2.95. The Morgan fingerprint density at radius 1 is 1.33 bits per heavy atom. The number of benzene rings is 1. The minimum atomic E-state index is -0.116. The first-order valence-electron chi connectivity index (χ1n) is 8.01. The van der Waals surface area contributed by atoms with Crippen molar-refractivity contribution in [2.45, 2.75) is 51.0 Å². The summed E-state index contributed by atoms with van der Waals surface area (Å²) in [6.07, 6.45) is 4.16. The zero-order valence-corrected chi connectivity index (χ0v) is 13.6. The molecule has 21 heavy (non-hydrogen) atoms. The fourth-order valence-corrected chi connectivity index (χ4v) is 3.18. The molecule has 0 spiro atoms. The van der Waals surface area contributed by atoms with E-state index in [0.29, 0.717) is 12.5 Å². The van der Waals surface area contributed by atoms with Crippen molar-refractivity contribution in [1.29, 1.82) is 0 Å². The molecule has 1 atom stereocenters. The predicted molar refractivity (Wildman–Crippen MR) is 87.4 cm³/mol. The van der Waals surface area contributed by atoms with Gasteiger partial charge >= 0.3 is 0 Å². The van der Waals surface area contributed by atoms with E-state index < -0.39 is 0 Å². The SMILES string of the molecule is CN1CCC[C@@H]1CCNC(=O)CC(C)(C)c1ccccc1. The third kappa shape index (κ3) is 4.57. The van der Waals surface area contributed by atoms with Crippen LogP contribution in [0.15, 0.2) is 30.3 Å². The average Bonchev–Trinajstić information content (AvgIpc) is 2.85. The molecule has 1 saturated heterocycles. The van der Waals surface area contributed by atoms with E-state index in [1.54, 1.807) is 0 Å². The summed E-state index contributed by atoms with van der Waals surface area (Å²) < 4.78 is 0. The van der Waals surface area contributed by atoms with Gasteiger partial charge in [-0.25, -0.2) is 0 Å². The second kappa shape index (κ2) is 7.08. The van der Waals surface area contributed by atoms with Crippen LogP contribution in [0, 0.1) is 0 Å². The van der Waals surface area contributed by atoms with Crippen LogP contribution < -0.4 is 5.32 Å². The summed E-state index contributed by atoms with van der Waals surface area (Å²) in [6, 6.07) is 10.9. The standard InChI is InChI=1S/C18H28N2O/c1-18(2,15-8-5-4-6-9-15)14-17(21)19-12-11-16-10-7-13-20(16)3/h4-6,8-9,16H,7,10-14H2,1-3H3,(H,19,21)/t16-/m1/s1. The molecular formula is C18H28N2O. The van der Waals surface area contributed by atoms with Crippen LogP contribution in [0.1, 0.15) is 45.1 Å². The van der Waals surface area contributed by atoms with Crippen LogP contribution in [-0.4, -0.2) is 37.0 Å². The average molecular weight is 288 g/mol. The first kappa shape index (κ1) is 16.0. The number of rotatable bonds is 6. The van der Waals surface area contributed by atoms with Crippen molar-refractivity contribution in [3.63, 3.8) is 0 Å². The van der Waals surface area contributed by atoms with E-state index in [2.05, 4.69) is 43.2 Å². The van der Waals surface area contributed by atoms with Crippen molar-refractivity contribution in [2.75, 3.05) is 20.1 Å². The molecule has 1 aromatic carbocycles. The number of nitrogens with zero attached hydrogens (tertiary/aromatic N) is 1. The molecule has 1 aliphatic rings. The van der Waals surface area contributed by atoms with E-state index in [1.807, 2.05) is 18.2 Å². The molecule has 1 N–H and O–H groups in total. The minimum Gasteiger partial charge on any atom is -0.356 e. The molecule has 0 unspecified atom stereocenters. The lowest BCUT2D eigenvalue weighted by molar-refractivity contribution is -0.122. The number of amides is 1. The molecule has 0 saturated carbocycles. The second-order valence-corrected chi connectivity index (χ2v) is 6.84. The van der Waals surface area contributed by atoms with Crippen molar-refractivity contribution in [3.05, 3.63) is 35.9 Å². The Morgan fingerprint density at radius 3 is 2.67 bits per heavy atom. The van der Waals surface area contributed by atoms with Crippen molar-refractivity contribution in [2.24, 2.45) is 0 Å². The lowest BCUT2D eigenvalue weighted by atomic mass is 9.81. The molecule has 0 radical (unpaired) electrons. The lowest BCUT2D eigenvalue weighted by Gasteiger charge is -2.25. The van der Waals surface area contributed by atoms with Gasteiger partial charge in [-0.05, 0) is 43.8 Å². The summed E-state index contributed by atoms with van der Waals surface area (Å²) in [4.78, 5) is 14.6. The summed E-state index contributed by atoms with van der Waals surface area (Å²) in [6.45, 7) is 6.25. The van der Waals surface area contributed by atoms with Gasteiger partial charge in [-0.3, -0.25) is 4.79 Å². The molecule has 1 amide bonds. The van der Waals surface area contributed by atoms with E-state index in [9.17, 15) is 4.79 Å². The number of nitrogens with one attached hydrogen (secondary N) is 1. The summed E-state index contributed by atoms with van der Waals surface area (Å²) in [7, 11) is 2.18. The quantitative estimate of drug-likeness (QED) is 0.873. The number of carbonyl (C=O) groups is 1. The van der Waals surface area contributed by atoms with Gasteiger partial charge in [-0.2, -0.15) is 0 Å². The van der Waals surface area contributed by atoms with Gasteiger partial charge in [0.1, 0.15) is 0 Å². The van der Waals surface area contributed by atoms with Crippen LogP contribution in [0.5, 0.6) is 0 Å². The van der Waals surface area contributed by atoms with Gasteiger partial charge in [0.15, 0.2) is 0 Å². The Morgan fingerprint density at radius 2 is 2.05 bits per heavy atom. The number of hydrogen-bond donors (Lipinski definition) is 1. The highest BCUT2D eigenvalue weighted by molar-refractivity contribution is 5.77. The van der Waals surface area contributed by atoms with Gasteiger partial charge in [0.2, 0.25) is 5.91 Å². The van der Waals surface area contributed by atoms with E-state index in [-0.39, 0.29) is 11.3 Å². The maximum Gasteiger partial charge on any atom is 0.220 e. The molecular weight excluding hydrogens is 260 g/mol. The van der Waals surface area contributed by atoms with Gasteiger partial charge in [-0.15, -0.1) is 0 Å². The van der Waals surface area contributed by atoms with E-state index in [4.69, 9.17) is 0 Å². The highest BCUT2D eigenvalue weighted by Crippen LogP contribution is 2.26. The summed E-state index contributed by atoms with van der Waals surface area (Å²) in [5.74, 6) is 0.157. The first-order valence-corrected chi connectivity index (χ1v) is 8.01. The third-order valence-electron chi connectivity index (χ3n) is 4.63. The Kier molecular flexibility index (Phi) is 5.40. The first-order chi connectivity index (χ1) is 9.99. The van der Waals surface area contributed by atoms with Gasteiger partial charge in [-0.1, -0.05) is 44.2 Å². The maximum absolute atomic E-state index is 12.2. The Bertz CT molecular complexity index is 456. The fraction of sp³-hybridized carbons (Fsp3) is 0.611. The highest BCUT2D eigenvalue weighted by Gasteiger charge is 2.24. The monoisotopic (exact) mass is 288 g/mol. The second-order valence-electron chi connectivity index (χ2n) is 6.84. The highest BCUT2D eigenvalue weighted by atomic mass is 16.1. The molecule has 1 aliphatic heterocycles. The molecule has 116 valence electrons. The van der Waals surface area contributed by atoms with Gasteiger partial charge in [0.05, 0.1) is 0 Å². The molecule has 0 bridgehead atoms. The minimum absolute atomic E-state index is 0.116. The number of hydrogen-bond acceptors (Lipinski definition) is 2. The smallest absolute Gasteiger partial charge is 0.220 e. The molecule has 0 aliphatic carbocycles. The normalized spacial score (nSPS) is 19.7. The molecule has 3 nitrogen and oxygen atoms in total. The molecule has 2 rings (SSSR count). The zero-order valence-electron chi connectivity index (χ0n) is 13.6. The van der Waals surface area contributed by atoms with Crippen LogP contribution in [0.3, 0.4) is 0 Å². The van der Waals surface area contributed by atoms with Crippen LogP contribution in [0.25, 0.3) is 0 Å². The topological polar surface area (TPSA) is 32.3 Å². The van der Waals surface area contributed by atoms with Crippen molar-refractivity contribution in [3.8, 4) is 0 Å². The van der Waals surface area contributed by atoms with E-state index in [1.165, 1.54) is 24.9 Å². The molecule has 1 fully saturated rings. The van der Waals surface area contributed by atoms with Crippen molar-refractivity contribution >= 4 is 5.91 Å². The van der Waals surface area contributed by atoms with Crippen LogP contribution in [0.2, 0.25) is 0 Å². The maximum atomic E-state index is 12.2. The van der Waals surface area contributed by atoms with Crippen molar-refractivity contribution < 1.29 is 4.79 Å². The molecule has 1 heterocycles. The summed E-state index contributed by atoms with van der Waals surface area (Å²) in [5.41, 5.74) is 1.10. The molecule has 1 aromatic rings. The van der Waals surface area contributed by atoms with Gasteiger partial charge in [0.25, 0.3) is 0 Å². The molecule has 0 aromatic heterocycles. The largest absolute Gasteiger partial charge is 0.356 e. The van der Waals surface area contributed by atoms with Crippen LogP contribution >= 0.6 is 0 Å². The Labute approximate surface area is 128 Å². The Hall–Kier alpha value is -1.35. The summed E-state index contributed by atoms with van der Waals surface area (Å²) in [5, 5.41) is 3.09. The summed E-state index contributed by atoms with van der Waals surface area (Å²) >= 11 is 0. The Balaban J connectivity index is 1.76. The van der Waals surface area contributed by atoms with E-state index in [0.717, 1.165) is 13.0 Å². The number of carbonyl (C=O) groups excluding carboxylic acids is 1. The van der Waals surface area contributed by atoms with Crippen LogP contribution in [0.4, 0.5) is 0 Å². The third-order valence-corrected chi connectivity index (χ3v) is 4.63. The molecule has 3 heteroatoms. The van der Waals surface area contributed by atoms with E-state index >= 15 is 0 Å². The zero-order chi connectivity index (χ0) is 15.3. The van der Waals surface area contributed by atoms with Gasteiger partial charge < -0.3 is 10.2 Å². The lowest BCUT2D eigenvalue weighted by Crippen LogP contribution is -2.34. The van der Waals surface area contributed by atoms with Crippen molar-refractivity contribution in [1.82, 2.24) is 10.2 Å². The fourth-order valence-electron chi connectivity index (χ4n) is 3.18. The van der Waals surface area contributed by atoms with Gasteiger partial charge in [0, 0.05) is 19.0 Å².